The summed E-state index contributed by atoms with van der Waals surface area (Å²) < 4.78 is 16.3. The molecule has 0 amide bonds. The van der Waals surface area contributed by atoms with Gasteiger partial charge in [0.1, 0.15) is 5.75 Å². The van der Waals surface area contributed by atoms with Gasteiger partial charge < -0.3 is 19.2 Å². The summed E-state index contributed by atoms with van der Waals surface area (Å²) in [5.74, 6) is 2.23. The van der Waals surface area contributed by atoms with Gasteiger partial charge in [0.05, 0.1) is 13.3 Å². The lowest BCUT2D eigenvalue weighted by Gasteiger charge is -2.19. The molecule has 0 saturated carbocycles. The van der Waals surface area contributed by atoms with Crippen molar-refractivity contribution in [1.82, 2.24) is 20.5 Å². The van der Waals surface area contributed by atoms with Crippen molar-refractivity contribution in [2.75, 3.05) is 20.7 Å². The minimum Gasteiger partial charge on any atom is -0.482 e. The summed E-state index contributed by atoms with van der Waals surface area (Å²) in [4.78, 5) is 4.07. The molecule has 0 atom stereocenters. The molecule has 7 nitrogen and oxygen atoms in total. The summed E-state index contributed by atoms with van der Waals surface area (Å²) in [6.07, 6.45) is 2.50. The molecule has 0 aliphatic carbocycles. The molecule has 7 heteroatoms. The predicted octanol–water partition coefficient (Wildman–Crippen LogP) is 1.94. The van der Waals surface area contributed by atoms with Crippen LogP contribution in [0.4, 0.5) is 0 Å². The molecule has 0 aliphatic rings. The second-order valence-corrected chi connectivity index (χ2v) is 5.56. The molecule has 22 heavy (non-hydrogen) atoms. The number of nitrogens with one attached hydrogen (secondary N) is 1. The summed E-state index contributed by atoms with van der Waals surface area (Å²) in [5, 5.41) is 11.3. The standard InChI is InChI=1S/C15H22N4O3/c1-15(2,7-8-16-3)14-19-18-13(22-14)10-21-11-5-6-12(20-4)17-9-11/h5-6,9,16H,7-8,10H2,1-4H3. The second kappa shape index (κ2) is 7.22. The van der Waals surface area contributed by atoms with Gasteiger partial charge in [-0.15, -0.1) is 10.2 Å². The highest BCUT2D eigenvalue weighted by atomic mass is 16.5. The van der Waals surface area contributed by atoms with Crippen LogP contribution in [-0.4, -0.2) is 35.9 Å². The first kappa shape index (κ1) is 16.2. The van der Waals surface area contributed by atoms with Crippen molar-refractivity contribution < 1.29 is 13.9 Å². The van der Waals surface area contributed by atoms with Crippen LogP contribution in [0.25, 0.3) is 0 Å². The number of aromatic nitrogens is 3. The van der Waals surface area contributed by atoms with E-state index in [1.54, 1.807) is 25.4 Å². The molecule has 2 heterocycles. The molecule has 0 bridgehead atoms. The maximum atomic E-state index is 5.69. The van der Waals surface area contributed by atoms with Crippen LogP contribution >= 0.6 is 0 Å². The van der Waals surface area contributed by atoms with Crippen molar-refractivity contribution in [3.8, 4) is 11.6 Å². The number of hydrogen-bond donors (Lipinski definition) is 1. The summed E-state index contributed by atoms with van der Waals surface area (Å²) in [6.45, 7) is 5.26. The SMILES string of the molecule is CNCCC(C)(C)c1nnc(COc2ccc(OC)nc2)o1. The van der Waals surface area contributed by atoms with Gasteiger partial charge in [0.15, 0.2) is 6.61 Å². The molecular weight excluding hydrogens is 284 g/mol. The number of nitrogens with zero attached hydrogens (tertiary/aromatic N) is 3. The summed E-state index contributed by atoms with van der Waals surface area (Å²) in [5.41, 5.74) is -0.171. The van der Waals surface area contributed by atoms with Crippen molar-refractivity contribution in [2.45, 2.75) is 32.3 Å². The molecule has 2 aromatic heterocycles. The van der Waals surface area contributed by atoms with E-state index in [-0.39, 0.29) is 12.0 Å². The fourth-order valence-corrected chi connectivity index (χ4v) is 1.85. The highest BCUT2D eigenvalue weighted by Crippen LogP contribution is 2.25. The van der Waals surface area contributed by atoms with Gasteiger partial charge in [-0.3, -0.25) is 0 Å². The molecule has 1 N–H and O–H groups in total. The van der Waals surface area contributed by atoms with E-state index in [0.29, 0.717) is 23.4 Å². The van der Waals surface area contributed by atoms with E-state index in [4.69, 9.17) is 13.9 Å². The maximum Gasteiger partial charge on any atom is 0.253 e. The number of ether oxygens (including phenoxy) is 2. The molecule has 2 rings (SSSR count). The maximum absolute atomic E-state index is 5.69. The monoisotopic (exact) mass is 306 g/mol. The molecular formula is C15H22N4O3. The second-order valence-electron chi connectivity index (χ2n) is 5.56. The van der Waals surface area contributed by atoms with Crippen LogP contribution in [0.15, 0.2) is 22.7 Å². The van der Waals surface area contributed by atoms with E-state index < -0.39 is 0 Å². The van der Waals surface area contributed by atoms with Crippen LogP contribution < -0.4 is 14.8 Å². The van der Waals surface area contributed by atoms with Crippen LogP contribution in [0, 0.1) is 0 Å². The highest BCUT2D eigenvalue weighted by molar-refractivity contribution is 5.22. The smallest absolute Gasteiger partial charge is 0.253 e. The highest BCUT2D eigenvalue weighted by Gasteiger charge is 2.26. The quantitative estimate of drug-likeness (QED) is 0.798. The Kier molecular flexibility index (Phi) is 5.32. The Labute approximate surface area is 130 Å². The van der Waals surface area contributed by atoms with Gasteiger partial charge in [0, 0.05) is 11.5 Å². The first-order valence-corrected chi connectivity index (χ1v) is 7.15. The Hall–Kier alpha value is -2.15. The molecule has 0 unspecified atom stereocenters. The Balaban J connectivity index is 1.93. The lowest BCUT2D eigenvalue weighted by atomic mass is 9.89. The van der Waals surface area contributed by atoms with Gasteiger partial charge in [0.2, 0.25) is 11.8 Å². The van der Waals surface area contributed by atoms with E-state index in [0.717, 1.165) is 13.0 Å². The largest absolute Gasteiger partial charge is 0.482 e. The Morgan fingerprint density at radius 1 is 1.27 bits per heavy atom. The zero-order chi connectivity index (χ0) is 16.0. The average molecular weight is 306 g/mol. The first-order valence-electron chi connectivity index (χ1n) is 7.15. The lowest BCUT2D eigenvalue weighted by Crippen LogP contribution is -2.23. The van der Waals surface area contributed by atoms with Crippen LogP contribution in [0.5, 0.6) is 11.6 Å². The number of pyridine rings is 1. The number of methoxy groups -OCH3 is 1. The van der Waals surface area contributed by atoms with Gasteiger partial charge in [-0.05, 0) is 26.1 Å². The third-order valence-electron chi connectivity index (χ3n) is 3.33. The molecule has 0 aromatic carbocycles. The van der Waals surface area contributed by atoms with Crippen molar-refractivity contribution in [3.63, 3.8) is 0 Å². The van der Waals surface area contributed by atoms with E-state index in [1.807, 2.05) is 7.05 Å². The zero-order valence-corrected chi connectivity index (χ0v) is 13.4. The van der Waals surface area contributed by atoms with Gasteiger partial charge in [-0.2, -0.15) is 0 Å². The fourth-order valence-electron chi connectivity index (χ4n) is 1.85. The van der Waals surface area contributed by atoms with Crippen molar-refractivity contribution in [1.29, 1.82) is 0 Å². The molecule has 0 radical (unpaired) electrons. The molecule has 0 aliphatic heterocycles. The van der Waals surface area contributed by atoms with Crippen molar-refractivity contribution >= 4 is 0 Å². The average Bonchev–Trinajstić information content (AvgIpc) is 3.01. The van der Waals surface area contributed by atoms with E-state index in [9.17, 15) is 0 Å². The van der Waals surface area contributed by atoms with Gasteiger partial charge >= 0.3 is 0 Å². The van der Waals surface area contributed by atoms with Gasteiger partial charge in [0.25, 0.3) is 5.89 Å². The first-order chi connectivity index (χ1) is 10.5. The molecule has 0 spiro atoms. The normalized spacial score (nSPS) is 11.5. The third-order valence-corrected chi connectivity index (χ3v) is 3.33. The summed E-state index contributed by atoms with van der Waals surface area (Å²) in [7, 11) is 3.49. The summed E-state index contributed by atoms with van der Waals surface area (Å²) >= 11 is 0. The summed E-state index contributed by atoms with van der Waals surface area (Å²) in [6, 6.07) is 3.51. The van der Waals surface area contributed by atoms with Crippen LogP contribution in [0.1, 0.15) is 32.0 Å². The Bertz CT molecular complexity index is 581. The Morgan fingerprint density at radius 2 is 2.09 bits per heavy atom. The topological polar surface area (TPSA) is 82.3 Å². The molecule has 2 aromatic rings. The Morgan fingerprint density at radius 3 is 2.73 bits per heavy atom. The van der Waals surface area contributed by atoms with Gasteiger partial charge in [-0.1, -0.05) is 13.8 Å². The molecule has 0 saturated heterocycles. The third kappa shape index (κ3) is 4.17. The van der Waals surface area contributed by atoms with E-state index >= 15 is 0 Å². The fraction of sp³-hybridized carbons (Fsp3) is 0.533. The number of hydrogen-bond acceptors (Lipinski definition) is 7. The van der Waals surface area contributed by atoms with Gasteiger partial charge in [-0.25, -0.2) is 4.98 Å². The van der Waals surface area contributed by atoms with Crippen molar-refractivity contribution in [3.05, 3.63) is 30.1 Å². The molecule has 0 fully saturated rings. The minimum atomic E-state index is -0.171. The minimum absolute atomic E-state index is 0.171. The van der Waals surface area contributed by atoms with Crippen LogP contribution in [0.2, 0.25) is 0 Å². The predicted molar refractivity (Wildman–Crippen MR) is 81.0 cm³/mol. The van der Waals surface area contributed by atoms with E-state index in [1.165, 1.54) is 0 Å². The van der Waals surface area contributed by atoms with E-state index in [2.05, 4.69) is 34.3 Å². The van der Waals surface area contributed by atoms with Crippen LogP contribution in [0.3, 0.4) is 0 Å². The number of rotatable bonds is 8. The molecule has 120 valence electrons. The lowest BCUT2D eigenvalue weighted by molar-refractivity contribution is 0.246. The van der Waals surface area contributed by atoms with Crippen molar-refractivity contribution in [2.24, 2.45) is 0 Å². The zero-order valence-electron chi connectivity index (χ0n) is 13.4. The van der Waals surface area contributed by atoms with Crippen LogP contribution in [-0.2, 0) is 12.0 Å².